The maximum Gasteiger partial charge on any atom is 0.255 e. The number of carbonyl (C=O) groups excluding carboxylic acids is 2. The largest absolute Gasteiger partial charge is 0.494 e. The summed E-state index contributed by atoms with van der Waals surface area (Å²) in [6, 6.07) is 41.0. The smallest absolute Gasteiger partial charge is 0.255 e. The lowest BCUT2D eigenvalue weighted by atomic mass is 10.2. The quantitative estimate of drug-likeness (QED) is 0.0495. The number of amides is 2. The standard InChI is InChI=1S/2C26H26N2O5S/c1-19(29)8-6-7-17-33-22-15-13-20(14-16-22)26(30)28-23-10-3-5-12-25(23)34(31,32)24-11-4-2-9-21(24)18-27;27-19-21-9-3-5-11-24(21)34(31,32)25-12-6-4-10-23(25)28-26(30)20-13-15-22(16-14-20)33-18-8-2-1-7-17-29/h2-5,9-16,19,29H,6-8,17H2,1H3,(H,28,30);3-6,9-16,29H,1-2,7-8,17-18H2,(H,28,30). The van der Waals surface area contributed by atoms with Gasteiger partial charge in [0.1, 0.15) is 23.6 Å². The molecule has 0 spiro atoms. The Kier molecular flexibility index (Phi) is 19.4. The molecule has 0 aromatic heterocycles. The van der Waals surface area contributed by atoms with Crippen molar-refractivity contribution >= 4 is 42.9 Å². The molecule has 6 aromatic carbocycles. The van der Waals surface area contributed by atoms with Crippen LogP contribution in [0.4, 0.5) is 11.4 Å². The van der Waals surface area contributed by atoms with Crippen LogP contribution in [0.2, 0.25) is 0 Å². The number of aliphatic hydroxyl groups is 2. The molecule has 6 rings (SSSR count). The van der Waals surface area contributed by atoms with E-state index in [2.05, 4.69) is 10.6 Å². The fourth-order valence-electron chi connectivity index (χ4n) is 6.72. The van der Waals surface area contributed by atoms with Gasteiger partial charge in [-0.3, -0.25) is 9.59 Å². The Labute approximate surface area is 397 Å². The molecule has 1 unspecified atom stereocenters. The number of aliphatic hydroxyl groups excluding tert-OH is 2. The minimum atomic E-state index is -4.04. The average molecular weight is 957 g/mol. The predicted octanol–water partition coefficient (Wildman–Crippen LogP) is 9.15. The van der Waals surface area contributed by atoms with Crippen LogP contribution in [0.1, 0.15) is 83.7 Å². The van der Waals surface area contributed by atoms with E-state index in [1.807, 2.05) is 12.1 Å². The Morgan fingerprint density at radius 3 is 1.29 bits per heavy atom. The molecule has 14 nitrogen and oxygen atoms in total. The molecule has 16 heteroatoms. The minimum absolute atomic E-state index is 0.0325. The molecule has 0 radical (unpaired) electrons. The number of nitriles is 2. The average Bonchev–Trinajstić information content (AvgIpc) is 3.35. The van der Waals surface area contributed by atoms with Crippen LogP contribution in [0.3, 0.4) is 0 Å². The van der Waals surface area contributed by atoms with E-state index in [0.29, 0.717) is 35.8 Å². The molecule has 0 saturated carbocycles. The Morgan fingerprint density at radius 2 is 0.897 bits per heavy atom. The molecule has 2 amide bonds. The summed E-state index contributed by atoms with van der Waals surface area (Å²) >= 11 is 0. The van der Waals surface area contributed by atoms with Crippen molar-refractivity contribution in [3.05, 3.63) is 168 Å². The monoisotopic (exact) mass is 956 g/mol. The molecule has 68 heavy (non-hydrogen) atoms. The number of rotatable bonds is 21. The Balaban J connectivity index is 0.000000254. The fraction of sp³-hybridized carbons (Fsp3) is 0.231. The maximum absolute atomic E-state index is 13.2. The Bertz CT molecular complexity index is 2950. The van der Waals surface area contributed by atoms with E-state index >= 15 is 0 Å². The van der Waals surface area contributed by atoms with Gasteiger partial charge in [0, 0.05) is 17.7 Å². The molecule has 0 heterocycles. The SMILES string of the molecule is CC(O)CCCCOc1ccc(C(=O)Nc2ccccc2S(=O)(=O)c2ccccc2C#N)cc1.N#Cc1ccccc1S(=O)(=O)c1ccccc1NC(=O)c1ccc(OCCCCCCO)cc1. The summed E-state index contributed by atoms with van der Waals surface area (Å²) in [5.41, 5.74) is 1.01. The van der Waals surface area contributed by atoms with Crippen LogP contribution in [-0.4, -0.2) is 64.8 Å². The van der Waals surface area contributed by atoms with Gasteiger partial charge in [0.2, 0.25) is 19.7 Å². The second-order valence-corrected chi connectivity index (χ2v) is 19.1. The summed E-state index contributed by atoms with van der Waals surface area (Å²) in [6.07, 6.45) is 5.68. The van der Waals surface area contributed by atoms with Gasteiger partial charge in [0.05, 0.1) is 61.4 Å². The summed E-state index contributed by atoms with van der Waals surface area (Å²) in [7, 11) is -8.08. The number of anilines is 2. The third kappa shape index (κ3) is 14.3. The predicted molar refractivity (Wildman–Crippen MR) is 257 cm³/mol. The molecular formula is C52H52N4O10S2. The molecule has 0 aliphatic heterocycles. The second kappa shape index (κ2) is 25.5. The van der Waals surface area contributed by atoms with E-state index in [1.54, 1.807) is 104 Å². The van der Waals surface area contributed by atoms with Gasteiger partial charge in [-0.05, 0) is 143 Å². The number of hydrogen-bond donors (Lipinski definition) is 4. The first-order valence-electron chi connectivity index (χ1n) is 21.8. The van der Waals surface area contributed by atoms with Crippen molar-refractivity contribution in [2.24, 2.45) is 0 Å². The highest BCUT2D eigenvalue weighted by Gasteiger charge is 2.26. The van der Waals surface area contributed by atoms with Gasteiger partial charge in [0.25, 0.3) is 11.8 Å². The van der Waals surface area contributed by atoms with E-state index in [-0.39, 0.29) is 54.8 Å². The van der Waals surface area contributed by atoms with Gasteiger partial charge in [-0.25, -0.2) is 16.8 Å². The zero-order chi connectivity index (χ0) is 48.9. The van der Waals surface area contributed by atoms with Crippen LogP contribution in [0, 0.1) is 22.7 Å². The molecule has 0 saturated heterocycles. The van der Waals surface area contributed by atoms with Crippen LogP contribution >= 0.6 is 0 Å². The molecule has 4 N–H and O–H groups in total. The lowest BCUT2D eigenvalue weighted by Crippen LogP contribution is -2.15. The van der Waals surface area contributed by atoms with E-state index in [4.69, 9.17) is 14.6 Å². The summed E-state index contributed by atoms with van der Waals surface area (Å²) in [6.45, 7) is 3.01. The molecule has 0 aliphatic carbocycles. The van der Waals surface area contributed by atoms with E-state index in [9.17, 15) is 42.1 Å². The van der Waals surface area contributed by atoms with Crippen molar-refractivity contribution < 1.29 is 46.1 Å². The number of benzene rings is 6. The Hall–Kier alpha value is -7.34. The van der Waals surface area contributed by atoms with E-state index < -0.39 is 31.5 Å². The second-order valence-electron chi connectivity index (χ2n) is 15.4. The van der Waals surface area contributed by atoms with Crippen LogP contribution in [0.15, 0.2) is 165 Å². The molecule has 352 valence electrons. The number of ether oxygens (including phenoxy) is 2. The molecule has 0 fully saturated rings. The molecule has 6 aromatic rings. The van der Waals surface area contributed by atoms with Crippen LogP contribution in [-0.2, 0) is 19.7 Å². The number of para-hydroxylation sites is 2. The van der Waals surface area contributed by atoms with Gasteiger partial charge in [-0.2, -0.15) is 10.5 Å². The fourth-order valence-corrected chi connectivity index (χ4v) is 9.84. The molecule has 0 bridgehead atoms. The van der Waals surface area contributed by atoms with Gasteiger partial charge in [0.15, 0.2) is 0 Å². The lowest BCUT2D eigenvalue weighted by molar-refractivity contribution is 0.101. The van der Waals surface area contributed by atoms with Gasteiger partial charge < -0.3 is 30.3 Å². The van der Waals surface area contributed by atoms with Gasteiger partial charge in [-0.15, -0.1) is 0 Å². The number of sulfone groups is 2. The first-order valence-corrected chi connectivity index (χ1v) is 24.8. The number of nitrogens with one attached hydrogen (secondary N) is 2. The molecule has 0 aliphatic rings. The van der Waals surface area contributed by atoms with E-state index in [1.165, 1.54) is 48.5 Å². The van der Waals surface area contributed by atoms with Crippen LogP contribution in [0.25, 0.3) is 0 Å². The summed E-state index contributed by atoms with van der Waals surface area (Å²) < 4.78 is 64.3. The van der Waals surface area contributed by atoms with Gasteiger partial charge >= 0.3 is 0 Å². The minimum Gasteiger partial charge on any atom is -0.494 e. The number of hydrogen-bond acceptors (Lipinski definition) is 12. The highest BCUT2D eigenvalue weighted by atomic mass is 32.2. The summed E-state index contributed by atoms with van der Waals surface area (Å²) in [4.78, 5) is 25.2. The lowest BCUT2D eigenvalue weighted by Gasteiger charge is -2.13. The third-order valence-corrected chi connectivity index (χ3v) is 14.0. The van der Waals surface area contributed by atoms with Gasteiger partial charge in [-0.1, -0.05) is 55.0 Å². The normalized spacial score (nSPS) is 11.4. The number of carbonyl (C=O) groups is 2. The zero-order valence-corrected chi connectivity index (χ0v) is 39.0. The number of unbranched alkanes of at least 4 members (excludes halogenated alkanes) is 4. The first-order chi connectivity index (χ1) is 32.8. The van der Waals surface area contributed by atoms with Crippen molar-refractivity contribution in [1.29, 1.82) is 10.5 Å². The highest BCUT2D eigenvalue weighted by molar-refractivity contribution is 7.92. The van der Waals surface area contributed by atoms with Crippen molar-refractivity contribution in [1.82, 2.24) is 0 Å². The maximum atomic E-state index is 13.2. The molecular weight excluding hydrogens is 905 g/mol. The first kappa shape index (κ1) is 51.6. The summed E-state index contributed by atoms with van der Waals surface area (Å²) in [5, 5.41) is 42.0. The number of nitrogens with zero attached hydrogens (tertiary/aromatic N) is 2. The highest BCUT2D eigenvalue weighted by Crippen LogP contribution is 2.31. The molecule has 1 atom stereocenters. The third-order valence-electron chi connectivity index (χ3n) is 10.3. The Morgan fingerprint density at radius 1 is 0.529 bits per heavy atom. The van der Waals surface area contributed by atoms with Crippen molar-refractivity contribution in [3.8, 4) is 23.6 Å². The van der Waals surface area contributed by atoms with Crippen molar-refractivity contribution in [3.63, 3.8) is 0 Å². The van der Waals surface area contributed by atoms with Crippen molar-refractivity contribution in [2.75, 3.05) is 30.5 Å². The zero-order valence-electron chi connectivity index (χ0n) is 37.4. The topological polar surface area (TPSA) is 233 Å². The van der Waals surface area contributed by atoms with E-state index in [0.717, 1.165) is 44.9 Å². The summed E-state index contributed by atoms with van der Waals surface area (Å²) in [5.74, 6) is 0.311. The van der Waals surface area contributed by atoms with Crippen molar-refractivity contribution in [2.45, 2.75) is 77.6 Å². The van der Waals surface area contributed by atoms with Crippen LogP contribution in [0.5, 0.6) is 11.5 Å². The van der Waals surface area contributed by atoms with Crippen LogP contribution < -0.4 is 20.1 Å².